The number of hydrogen-bond donors (Lipinski definition) is 4. The van der Waals surface area contributed by atoms with Crippen LogP contribution in [0.5, 0.6) is 0 Å². The number of aliphatic hydroxyl groups excluding tert-OH is 3. The highest BCUT2D eigenvalue weighted by atomic mass is 16.8. The molecule has 0 saturated carbocycles. The van der Waals surface area contributed by atoms with Gasteiger partial charge in [-0.05, 0) is 54.0 Å². The molecule has 50 nitrogen and oxygen atoms in total. The van der Waals surface area contributed by atoms with Crippen molar-refractivity contribution in [2.45, 2.75) is 195 Å². The summed E-state index contributed by atoms with van der Waals surface area (Å²) in [6, 6.07) is 0. The molecule has 128 heavy (non-hydrogen) atoms. The van der Waals surface area contributed by atoms with E-state index in [1.807, 2.05) is 0 Å². The van der Waals surface area contributed by atoms with Crippen LogP contribution in [0.15, 0.2) is 11.6 Å². The zero-order valence-electron chi connectivity index (χ0n) is 72.4. The number of aldehydes is 1. The van der Waals surface area contributed by atoms with E-state index in [0.29, 0.717) is 26.2 Å². The molecule has 0 aromatic heterocycles. The number of carboxylic acids is 1. The SMILES string of the molecule is C.C.C.C.CC1(C)OC[C@@H](C=O)O1.COC(=O)C(=C[C@@H]1COC(C)(C)O1)C(=O)OC.COC(=O)C(C(=O)OC)C(C[N+](=O)[O-])[C@@H]1COC(C)(C)O1.COC(=O)C(C(=O)OC)[C@H]1C(OC)OC[C@@H]1O.COC(=O)CC(=O)OC.COC(=O)[C@@H]1C(=O)OC2COC(OC)[C@H]21.COC1OCC2OC(=O)C[C@@H]21.COC1OC[C@H](O)[C@H]1CC(=O)O.C[N+](=O)[O-].O[C@H]1CO[C@H]2OCC[C@H]21. The van der Waals surface area contributed by atoms with E-state index in [-0.39, 0.29) is 130 Å². The molecule has 0 aromatic carbocycles. The first-order chi connectivity index (χ1) is 58.3. The molecule has 0 spiro atoms. The summed E-state index contributed by atoms with van der Waals surface area (Å²) < 4.78 is 133. The molecule has 50 heteroatoms. The maximum atomic E-state index is 11.8. The molecule has 11 saturated heterocycles. The van der Waals surface area contributed by atoms with E-state index in [9.17, 15) is 87.8 Å². The number of carboxylic acid groups (broad SMARTS) is 1. The lowest BCUT2D eigenvalue weighted by Gasteiger charge is -2.25. The van der Waals surface area contributed by atoms with Gasteiger partial charge in [-0.1, -0.05) is 29.7 Å². The van der Waals surface area contributed by atoms with E-state index in [1.165, 1.54) is 63.0 Å². The van der Waals surface area contributed by atoms with Crippen LogP contribution in [0, 0.1) is 73.5 Å². The Balaban J connectivity index is -0.00000138. The number of nitrogens with zero attached hydrogens (tertiary/aromatic N) is 2. The molecule has 0 aromatic rings. The van der Waals surface area contributed by atoms with E-state index in [0.717, 1.165) is 54.8 Å². The van der Waals surface area contributed by atoms with E-state index >= 15 is 0 Å². The Labute approximate surface area is 741 Å². The van der Waals surface area contributed by atoms with Gasteiger partial charge in [-0.15, -0.1) is 0 Å². The Morgan fingerprint density at radius 2 is 0.969 bits per heavy atom. The predicted molar refractivity (Wildman–Crippen MR) is 427 cm³/mol. The third kappa shape index (κ3) is 39.8. The molecular weight excluding hydrogens is 1730 g/mol. The summed E-state index contributed by atoms with van der Waals surface area (Å²) in [4.78, 5) is 163. The van der Waals surface area contributed by atoms with Gasteiger partial charge in [0.15, 0.2) is 79.9 Å². The minimum Gasteiger partial charge on any atom is -0.481 e. The van der Waals surface area contributed by atoms with Crippen LogP contribution >= 0.6 is 0 Å². The number of aliphatic hydroxyl groups is 3. The van der Waals surface area contributed by atoms with Gasteiger partial charge in [0.1, 0.15) is 36.4 Å². The summed E-state index contributed by atoms with van der Waals surface area (Å²) in [5.41, 5.74) is -0.193. The van der Waals surface area contributed by atoms with Gasteiger partial charge in [-0.2, -0.15) is 0 Å². The zero-order chi connectivity index (χ0) is 94.3. The number of esters is 11. The number of aliphatic carboxylic acids is 1. The van der Waals surface area contributed by atoms with Gasteiger partial charge < -0.3 is 153 Å². The Kier molecular flexibility index (Phi) is 58.6. The quantitative estimate of drug-likeness (QED) is 0.0165. The van der Waals surface area contributed by atoms with Crippen LogP contribution in [0.4, 0.5) is 0 Å². The number of fused-ring (bicyclic) bond motifs is 3. The smallest absolute Gasteiger partial charge is 0.345 e. The molecule has 742 valence electrons. The van der Waals surface area contributed by atoms with Crippen LogP contribution in [-0.2, 0) is 190 Å². The van der Waals surface area contributed by atoms with Crippen molar-refractivity contribution >= 4 is 77.9 Å². The molecule has 0 bridgehead atoms. The first kappa shape index (κ1) is 123. The van der Waals surface area contributed by atoms with Crippen LogP contribution in [0.3, 0.4) is 0 Å². The van der Waals surface area contributed by atoms with Crippen LogP contribution in [0.1, 0.15) is 96.9 Å². The molecule has 7 unspecified atom stereocenters. The molecular formula is C78H132N2O48. The lowest BCUT2D eigenvalue weighted by atomic mass is 9.87. The van der Waals surface area contributed by atoms with E-state index in [4.69, 9.17) is 100 Å². The van der Waals surface area contributed by atoms with E-state index in [1.54, 1.807) is 48.7 Å². The highest BCUT2D eigenvalue weighted by Gasteiger charge is 2.58. The number of carbonyl (C=O) groups is 13. The summed E-state index contributed by atoms with van der Waals surface area (Å²) in [7, 11) is 17.3. The summed E-state index contributed by atoms with van der Waals surface area (Å²) in [5.74, 6) is -16.5. The standard InChI is InChI=1S/C12H19NO8.C11H16O6.C10H16O7.C9H12O6.C7H12O5.C7H10O4.2C6H10O3.C5H8O4.CH3NO2.4CH4/c1-12(2)20-6-8(21-12)7(5-13(16)17)9(10(14)18-3)11(15)19-4;1-11(2)16-6-7(17-11)5-8(9(12)14-3)10(13)15-4;1-14-8(12)7(9(13)15-2)6-5(11)4-17-10(6)16-3;1-12-7(10)6-5-4(15-8(6)11)3-14-9(5)13-2;1-11-7-4(2-6(9)10)5(8)3-12-7;1-9-7-4-2-6(8)11-5(4)3-10-7;7-5-3-9-6-4(5)1-2-8-6;1-6(2)8-4-5(3-7)9-6;1-8-4(6)3-5(7)9-2;1-2(3)4;;;;/h7-9H,5-6H2,1-4H3;5,7H,6H2,1-4H3;5-7,10-11H,4H2,1-3H3;4-6,9H,3H2,1-2H3;4-5,7-8H,2-3H2,1H3,(H,9,10);4-5,7H,2-3H2,1H3;4-7H,1-3H2;3,5H,4H2,1-2H3;3H2,1-2H3;1H3;4*1H4/t7?,8-;7-;5-,6-,10?;4?,5-,6-,9?;4-,5+,7?;4-,5?,7?;4-,5-,6+;5-;;;;;;/m01011001....../s1. The van der Waals surface area contributed by atoms with Gasteiger partial charge in [0.2, 0.25) is 6.54 Å². The number of nitro groups is 2. The molecule has 0 radical (unpaired) electrons. The average Bonchev–Trinajstić information content (AvgIpc) is 1.62. The third-order valence-corrected chi connectivity index (χ3v) is 18.9. The molecule has 11 rings (SSSR count). The number of rotatable bonds is 22. The molecule has 11 aliphatic heterocycles. The minimum absolute atomic E-state index is 0. The van der Waals surface area contributed by atoms with Crippen LogP contribution in [0.2, 0.25) is 0 Å². The first-order valence-corrected chi connectivity index (χ1v) is 37.8. The van der Waals surface area contributed by atoms with Gasteiger partial charge in [-0.3, -0.25) is 68.2 Å². The zero-order valence-corrected chi connectivity index (χ0v) is 72.4. The molecule has 11 heterocycles. The van der Waals surface area contributed by atoms with Crippen LogP contribution in [-0.4, -0.2) is 371 Å². The number of carbonyl (C=O) groups excluding carboxylic acids is 12. The molecule has 4 N–H and O–H groups in total. The Hall–Kier alpha value is -8.91. The van der Waals surface area contributed by atoms with Crippen LogP contribution in [0.25, 0.3) is 0 Å². The van der Waals surface area contributed by atoms with Gasteiger partial charge in [0.05, 0.1) is 184 Å². The van der Waals surface area contributed by atoms with Crippen molar-refractivity contribution in [1.29, 1.82) is 0 Å². The fourth-order valence-corrected chi connectivity index (χ4v) is 13.0. The van der Waals surface area contributed by atoms with Gasteiger partial charge >= 0.3 is 71.6 Å². The fraction of sp³-hybridized carbons (Fsp3) is 0.808. The van der Waals surface area contributed by atoms with Crippen molar-refractivity contribution in [1.82, 2.24) is 0 Å². The molecule has 11 aliphatic rings. The normalized spacial score (nSPS) is 28.2. The minimum atomic E-state index is -1.44. The number of hydrogen-bond acceptors (Lipinski definition) is 47. The monoisotopic (exact) mass is 1860 g/mol. The summed E-state index contributed by atoms with van der Waals surface area (Å²) in [6.45, 7) is 12.5. The Morgan fingerprint density at radius 3 is 1.38 bits per heavy atom. The maximum absolute atomic E-state index is 11.8. The lowest BCUT2D eigenvalue weighted by Crippen LogP contribution is -2.44. The first-order valence-electron chi connectivity index (χ1n) is 37.8. The largest absolute Gasteiger partial charge is 0.481 e. The summed E-state index contributed by atoms with van der Waals surface area (Å²) in [6.07, 6.45) is -3.36. The number of methoxy groups -OCH3 is 13. The molecule has 20 atom stereocenters. The van der Waals surface area contributed by atoms with E-state index < -0.39 is 190 Å². The highest BCUT2D eigenvalue weighted by Crippen LogP contribution is 2.40. The summed E-state index contributed by atoms with van der Waals surface area (Å²) in [5, 5.41) is 56.3. The van der Waals surface area contributed by atoms with Crippen LogP contribution < -0.4 is 0 Å². The van der Waals surface area contributed by atoms with Crippen molar-refractivity contribution in [2.24, 2.45) is 53.3 Å². The van der Waals surface area contributed by atoms with Gasteiger partial charge in [-0.25, -0.2) is 9.59 Å². The molecule has 0 amide bonds. The summed E-state index contributed by atoms with van der Waals surface area (Å²) >= 11 is 0. The van der Waals surface area contributed by atoms with Gasteiger partial charge in [0.25, 0.3) is 0 Å². The van der Waals surface area contributed by atoms with E-state index in [2.05, 4.69) is 42.6 Å². The highest BCUT2D eigenvalue weighted by molar-refractivity contribution is 6.14. The van der Waals surface area contributed by atoms with Crippen molar-refractivity contribution in [2.75, 3.05) is 165 Å². The Bertz CT molecular complexity index is 3410. The second kappa shape index (κ2) is 60.9. The second-order valence-electron chi connectivity index (χ2n) is 28.6. The van der Waals surface area contributed by atoms with Crippen molar-refractivity contribution < 1.29 is 220 Å². The van der Waals surface area contributed by atoms with Crippen molar-refractivity contribution in [3.05, 3.63) is 31.9 Å². The molecule has 0 aliphatic carbocycles. The van der Waals surface area contributed by atoms with Gasteiger partial charge in [0, 0.05) is 50.1 Å². The fourth-order valence-electron chi connectivity index (χ4n) is 13.0. The lowest BCUT2D eigenvalue weighted by molar-refractivity contribution is -0.491. The Morgan fingerprint density at radius 1 is 0.516 bits per heavy atom. The second-order valence-corrected chi connectivity index (χ2v) is 28.6. The topological polar surface area (TPSA) is 638 Å². The van der Waals surface area contributed by atoms with Crippen molar-refractivity contribution in [3.8, 4) is 0 Å². The average molecular weight is 1870 g/mol. The molecule has 11 fully saturated rings. The van der Waals surface area contributed by atoms with Crippen molar-refractivity contribution in [3.63, 3.8) is 0 Å². The third-order valence-electron chi connectivity index (χ3n) is 18.9. The predicted octanol–water partition coefficient (Wildman–Crippen LogP) is 0.250. The number of ether oxygens (including phenoxy) is 27. The maximum Gasteiger partial charge on any atom is 0.345 e.